The number of morpholine rings is 1. The largest absolute Gasteiger partial charge is 0.379 e. The fraction of sp³-hybridized carbons (Fsp3) is 0.471. The van der Waals surface area contributed by atoms with Crippen LogP contribution in [0.4, 0.5) is 0 Å². The SMILES string of the molecule is CCc1ccc(/C=N\NC(=O)C(=O)NCCN2CCOCC2)cc1. The number of hydrazone groups is 1. The van der Waals surface area contributed by atoms with Gasteiger partial charge in [0.15, 0.2) is 0 Å². The van der Waals surface area contributed by atoms with Gasteiger partial charge in [-0.05, 0) is 17.5 Å². The summed E-state index contributed by atoms with van der Waals surface area (Å²) in [6.45, 7) is 6.34. The van der Waals surface area contributed by atoms with E-state index in [2.05, 4.69) is 27.7 Å². The fourth-order valence-corrected chi connectivity index (χ4v) is 2.29. The molecular formula is C17H24N4O3. The van der Waals surface area contributed by atoms with Crippen molar-refractivity contribution in [1.82, 2.24) is 15.6 Å². The number of nitrogens with zero attached hydrogens (tertiary/aromatic N) is 2. The molecule has 1 heterocycles. The number of aryl methyl sites for hydroxylation is 1. The Balaban J connectivity index is 1.66. The van der Waals surface area contributed by atoms with Crippen LogP contribution < -0.4 is 10.7 Å². The number of benzene rings is 1. The first-order valence-corrected chi connectivity index (χ1v) is 8.19. The van der Waals surface area contributed by atoms with Crippen molar-refractivity contribution < 1.29 is 14.3 Å². The molecule has 0 unspecified atom stereocenters. The van der Waals surface area contributed by atoms with Crippen LogP contribution in [0.3, 0.4) is 0 Å². The number of rotatable bonds is 6. The number of amides is 2. The van der Waals surface area contributed by atoms with Gasteiger partial charge in [0.05, 0.1) is 19.4 Å². The summed E-state index contributed by atoms with van der Waals surface area (Å²) in [5.41, 5.74) is 4.33. The highest BCUT2D eigenvalue weighted by Crippen LogP contribution is 2.02. The molecule has 0 bridgehead atoms. The van der Waals surface area contributed by atoms with Gasteiger partial charge in [-0.2, -0.15) is 5.10 Å². The van der Waals surface area contributed by atoms with Gasteiger partial charge in [0.25, 0.3) is 0 Å². The second kappa shape index (κ2) is 9.79. The highest BCUT2D eigenvalue weighted by Gasteiger charge is 2.14. The summed E-state index contributed by atoms with van der Waals surface area (Å²) in [7, 11) is 0. The molecule has 1 aromatic rings. The van der Waals surface area contributed by atoms with E-state index in [4.69, 9.17) is 4.74 Å². The standard InChI is InChI=1S/C17H24N4O3/c1-2-14-3-5-15(6-4-14)13-19-20-17(23)16(22)18-7-8-21-9-11-24-12-10-21/h3-6,13H,2,7-12H2,1H3,(H,18,22)(H,20,23)/b19-13-. The molecule has 0 spiro atoms. The molecule has 0 saturated carbocycles. The van der Waals surface area contributed by atoms with Gasteiger partial charge in [-0.15, -0.1) is 0 Å². The zero-order valence-corrected chi connectivity index (χ0v) is 14.0. The van der Waals surface area contributed by atoms with Gasteiger partial charge in [0.2, 0.25) is 0 Å². The van der Waals surface area contributed by atoms with Crippen molar-refractivity contribution in [3.63, 3.8) is 0 Å². The molecule has 1 aromatic carbocycles. The normalized spacial score (nSPS) is 15.4. The Morgan fingerprint density at radius 2 is 1.92 bits per heavy atom. The average Bonchev–Trinajstić information content (AvgIpc) is 2.63. The van der Waals surface area contributed by atoms with Crippen molar-refractivity contribution in [2.75, 3.05) is 39.4 Å². The number of ether oxygens (including phenoxy) is 1. The Morgan fingerprint density at radius 1 is 1.21 bits per heavy atom. The van der Waals surface area contributed by atoms with Crippen molar-refractivity contribution in [3.8, 4) is 0 Å². The van der Waals surface area contributed by atoms with Gasteiger partial charge < -0.3 is 10.1 Å². The average molecular weight is 332 g/mol. The van der Waals surface area contributed by atoms with Crippen LogP contribution in [0, 0.1) is 0 Å². The van der Waals surface area contributed by atoms with E-state index in [0.29, 0.717) is 26.3 Å². The van der Waals surface area contributed by atoms with Gasteiger partial charge in [0, 0.05) is 26.2 Å². The van der Waals surface area contributed by atoms with Gasteiger partial charge >= 0.3 is 11.8 Å². The number of carbonyl (C=O) groups excluding carboxylic acids is 2. The maximum absolute atomic E-state index is 11.7. The Kier molecular flexibility index (Phi) is 7.38. The molecule has 2 rings (SSSR count). The molecule has 24 heavy (non-hydrogen) atoms. The van der Waals surface area contributed by atoms with Crippen LogP contribution in [0.15, 0.2) is 29.4 Å². The summed E-state index contributed by atoms with van der Waals surface area (Å²) >= 11 is 0. The lowest BCUT2D eigenvalue weighted by Crippen LogP contribution is -2.44. The molecule has 0 aromatic heterocycles. The first-order valence-electron chi connectivity index (χ1n) is 8.19. The van der Waals surface area contributed by atoms with Crippen molar-refractivity contribution in [2.45, 2.75) is 13.3 Å². The summed E-state index contributed by atoms with van der Waals surface area (Å²) < 4.78 is 5.25. The third-order valence-corrected chi connectivity index (χ3v) is 3.79. The molecule has 1 aliphatic rings. The lowest BCUT2D eigenvalue weighted by atomic mass is 10.1. The molecular weight excluding hydrogens is 308 g/mol. The van der Waals surface area contributed by atoms with Gasteiger partial charge in [-0.3, -0.25) is 14.5 Å². The van der Waals surface area contributed by atoms with E-state index < -0.39 is 11.8 Å². The molecule has 1 saturated heterocycles. The van der Waals surface area contributed by atoms with Crippen LogP contribution in [-0.2, 0) is 20.7 Å². The van der Waals surface area contributed by atoms with Gasteiger partial charge in [-0.25, -0.2) is 5.43 Å². The zero-order chi connectivity index (χ0) is 17.2. The molecule has 1 fully saturated rings. The highest BCUT2D eigenvalue weighted by atomic mass is 16.5. The third-order valence-electron chi connectivity index (χ3n) is 3.79. The van der Waals surface area contributed by atoms with Crippen molar-refractivity contribution in [1.29, 1.82) is 0 Å². The maximum atomic E-state index is 11.7. The molecule has 7 heteroatoms. The number of carbonyl (C=O) groups is 2. The zero-order valence-electron chi connectivity index (χ0n) is 14.0. The minimum Gasteiger partial charge on any atom is -0.379 e. The Labute approximate surface area is 142 Å². The summed E-state index contributed by atoms with van der Waals surface area (Å²) in [4.78, 5) is 25.5. The predicted molar refractivity (Wildman–Crippen MR) is 91.8 cm³/mol. The number of hydrogen-bond acceptors (Lipinski definition) is 5. The predicted octanol–water partition coefficient (Wildman–Crippen LogP) is 0.148. The van der Waals surface area contributed by atoms with E-state index >= 15 is 0 Å². The first-order chi connectivity index (χ1) is 11.7. The van der Waals surface area contributed by atoms with E-state index in [1.807, 2.05) is 24.3 Å². The second-order valence-electron chi connectivity index (χ2n) is 5.50. The van der Waals surface area contributed by atoms with Crippen molar-refractivity contribution in [3.05, 3.63) is 35.4 Å². The fourth-order valence-electron chi connectivity index (χ4n) is 2.29. The van der Waals surface area contributed by atoms with Crippen molar-refractivity contribution >= 4 is 18.0 Å². The van der Waals surface area contributed by atoms with Crippen molar-refractivity contribution in [2.24, 2.45) is 5.10 Å². The molecule has 2 amide bonds. The Hall–Kier alpha value is -2.25. The smallest absolute Gasteiger partial charge is 0.329 e. The first kappa shape index (κ1) is 18.1. The van der Waals surface area contributed by atoms with E-state index in [1.165, 1.54) is 11.8 Å². The molecule has 130 valence electrons. The topological polar surface area (TPSA) is 83.0 Å². The number of nitrogens with one attached hydrogen (secondary N) is 2. The minimum absolute atomic E-state index is 0.425. The van der Waals surface area contributed by atoms with E-state index in [0.717, 1.165) is 25.1 Å². The summed E-state index contributed by atoms with van der Waals surface area (Å²) in [5, 5.41) is 6.39. The Bertz CT molecular complexity index is 566. The minimum atomic E-state index is -0.765. The van der Waals surface area contributed by atoms with Crippen LogP contribution >= 0.6 is 0 Å². The van der Waals surface area contributed by atoms with Gasteiger partial charge in [-0.1, -0.05) is 31.2 Å². The van der Waals surface area contributed by atoms with Crippen LogP contribution in [0.5, 0.6) is 0 Å². The molecule has 7 nitrogen and oxygen atoms in total. The number of hydrogen-bond donors (Lipinski definition) is 2. The van der Waals surface area contributed by atoms with E-state index in [9.17, 15) is 9.59 Å². The molecule has 0 aliphatic carbocycles. The molecule has 0 atom stereocenters. The summed E-state index contributed by atoms with van der Waals surface area (Å²) in [5.74, 6) is -1.44. The molecule has 0 radical (unpaired) electrons. The Morgan fingerprint density at radius 3 is 2.58 bits per heavy atom. The second-order valence-corrected chi connectivity index (χ2v) is 5.50. The van der Waals surface area contributed by atoms with Gasteiger partial charge in [0.1, 0.15) is 0 Å². The summed E-state index contributed by atoms with van der Waals surface area (Å²) in [6.07, 6.45) is 2.48. The summed E-state index contributed by atoms with van der Waals surface area (Å²) in [6, 6.07) is 7.83. The van der Waals surface area contributed by atoms with E-state index in [-0.39, 0.29) is 0 Å². The lowest BCUT2D eigenvalue weighted by Gasteiger charge is -2.26. The van der Waals surface area contributed by atoms with Crippen LogP contribution in [0.25, 0.3) is 0 Å². The monoisotopic (exact) mass is 332 g/mol. The third kappa shape index (κ3) is 6.10. The van der Waals surface area contributed by atoms with Crippen LogP contribution in [0.2, 0.25) is 0 Å². The highest BCUT2D eigenvalue weighted by molar-refractivity contribution is 6.35. The molecule has 2 N–H and O–H groups in total. The quantitative estimate of drug-likeness (QED) is 0.441. The van der Waals surface area contributed by atoms with E-state index in [1.54, 1.807) is 0 Å². The maximum Gasteiger partial charge on any atom is 0.329 e. The lowest BCUT2D eigenvalue weighted by molar-refractivity contribution is -0.139. The molecule has 1 aliphatic heterocycles. The van der Waals surface area contributed by atoms with Crippen LogP contribution in [-0.4, -0.2) is 62.3 Å². The van der Waals surface area contributed by atoms with Crippen LogP contribution in [0.1, 0.15) is 18.1 Å².